The number of rotatable bonds is 10. The molecule has 1 aliphatic heterocycles. The number of likely N-dealkylation sites (tertiary alicyclic amines) is 1. The van der Waals surface area contributed by atoms with E-state index in [-0.39, 0.29) is 30.3 Å². The van der Waals surface area contributed by atoms with Crippen LogP contribution in [0.1, 0.15) is 71.6 Å². The Morgan fingerprint density at radius 2 is 1.67 bits per heavy atom. The first-order valence-electron chi connectivity index (χ1n) is 9.40. The van der Waals surface area contributed by atoms with Gasteiger partial charge in [0.15, 0.2) is 0 Å². The standard InChI is InChI=1S/C18H35N3O2.ClH/c1-3-15(4-2)18(23)21-13-10-16(11-14-21)20-17(22)9-7-5-6-8-12-19;/h15-16H,3-14,19H2,1-2H3,(H,20,22);1H. The van der Waals surface area contributed by atoms with Crippen LogP contribution in [-0.2, 0) is 9.59 Å². The highest BCUT2D eigenvalue weighted by molar-refractivity contribution is 5.85. The number of halogens is 1. The summed E-state index contributed by atoms with van der Waals surface area (Å²) in [5, 5.41) is 3.12. The Labute approximate surface area is 153 Å². The van der Waals surface area contributed by atoms with Gasteiger partial charge in [0.25, 0.3) is 0 Å². The third kappa shape index (κ3) is 8.34. The molecule has 0 spiro atoms. The first-order chi connectivity index (χ1) is 11.1. The number of hydrogen-bond donors (Lipinski definition) is 2. The van der Waals surface area contributed by atoms with Crippen molar-refractivity contribution in [1.29, 1.82) is 0 Å². The van der Waals surface area contributed by atoms with Crippen LogP contribution in [0.3, 0.4) is 0 Å². The molecule has 2 amide bonds. The Hall–Kier alpha value is -0.810. The normalized spacial score (nSPS) is 15.2. The second-order valence-electron chi connectivity index (χ2n) is 6.63. The van der Waals surface area contributed by atoms with E-state index in [0.29, 0.717) is 12.3 Å². The number of nitrogens with zero attached hydrogens (tertiary/aromatic N) is 1. The van der Waals surface area contributed by atoms with Crippen LogP contribution in [0.5, 0.6) is 0 Å². The number of piperidine rings is 1. The van der Waals surface area contributed by atoms with Crippen LogP contribution >= 0.6 is 12.4 Å². The molecule has 5 nitrogen and oxygen atoms in total. The molecule has 3 N–H and O–H groups in total. The van der Waals surface area contributed by atoms with Crippen molar-refractivity contribution in [3.8, 4) is 0 Å². The largest absolute Gasteiger partial charge is 0.353 e. The van der Waals surface area contributed by atoms with Gasteiger partial charge in [-0.15, -0.1) is 12.4 Å². The number of unbranched alkanes of at least 4 members (excludes halogenated alkanes) is 3. The predicted octanol–water partition coefficient (Wildman–Crippen LogP) is 2.86. The van der Waals surface area contributed by atoms with Crippen molar-refractivity contribution in [3.63, 3.8) is 0 Å². The van der Waals surface area contributed by atoms with Gasteiger partial charge in [-0.3, -0.25) is 9.59 Å². The van der Waals surface area contributed by atoms with Crippen LogP contribution in [0, 0.1) is 5.92 Å². The quantitative estimate of drug-likeness (QED) is 0.587. The van der Waals surface area contributed by atoms with Crippen LogP contribution in [0.2, 0.25) is 0 Å². The van der Waals surface area contributed by atoms with E-state index in [1.54, 1.807) is 0 Å². The number of nitrogens with two attached hydrogens (primary N) is 1. The second kappa shape index (κ2) is 13.5. The van der Waals surface area contributed by atoms with Crippen molar-refractivity contribution in [2.24, 2.45) is 11.7 Å². The maximum atomic E-state index is 12.3. The van der Waals surface area contributed by atoms with Crippen LogP contribution in [0.15, 0.2) is 0 Å². The van der Waals surface area contributed by atoms with Gasteiger partial charge in [-0.25, -0.2) is 0 Å². The van der Waals surface area contributed by atoms with Crippen LogP contribution in [-0.4, -0.2) is 42.4 Å². The van der Waals surface area contributed by atoms with Gasteiger partial charge < -0.3 is 16.0 Å². The first kappa shape index (κ1) is 23.2. The van der Waals surface area contributed by atoms with Gasteiger partial charge in [0.05, 0.1) is 0 Å². The maximum Gasteiger partial charge on any atom is 0.225 e. The van der Waals surface area contributed by atoms with E-state index >= 15 is 0 Å². The molecule has 0 aliphatic carbocycles. The summed E-state index contributed by atoms with van der Waals surface area (Å²) >= 11 is 0. The molecule has 24 heavy (non-hydrogen) atoms. The van der Waals surface area contributed by atoms with E-state index in [0.717, 1.165) is 71.0 Å². The highest BCUT2D eigenvalue weighted by Crippen LogP contribution is 2.17. The lowest BCUT2D eigenvalue weighted by Crippen LogP contribution is -2.48. The second-order valence-corrected chi connectivity index (χ2v) is 6.63. The molecule has 0 atom stereocenters. The molecule has 1 aliphatic rings. The minimum absolute atomic E-state index is 0. The van der Waals surface area contributed by atoms with Gasteiger partial charge in [0.2, 0.25) is 11.8 Å². The summed E-state index contributed by atoms with van der Waals surface area (Å²) in [6, 6.07) is 0.234. The van der Waals surface area contributed by atoms with E-state index in [2.05, 4.69) is 19.2 Å². The Kier molecular flexibility index (Phi) is 13.0. The average Bonchev–Trinajstić information content (AvgIpc) is 2.56. The smallest absolute Gasteiger partial charge is 0.225 e. The summed E-state index contributed by atoms with van der Waals surface area (Å²) in [5.74, 6) is 0.608. The van der Waals surface area contributed by atoms with Crippen molar-refractivity contribution < 1.29 is 9.59 Å². The van der Waals surface area contributed by atoms with Crippen LogP contribution < -0.4 is 11.1 Å². The van der Waals surface area contributed by atoms with Gasteiger partial charge >= 0.3 is 0 Å². The zero-order valence-electron chi connectivity index (χ0n) is 15.4. The maximum absolute atomic E-state index is 12.3. The Morgan fingerprint density at radius 3 is 2.21 bits per heavy atom. The minimum atomic E-state index is 0. The zero-order valence-corrected chi connectivity index (χ0v) is 16.2. The van der Waals surface area contributed by atoms with Crippen molar-refractivity contribution >= 4 is 24.2 Å². The van der Waals surface area contributed by atoms with E-state index in [4.69, 9.17) is 5.73 Å². The summed E-state index contributed by atoms with van der Waals surface area (Å²) in [5.41, 5.74) is 5.46. The molecule has 0 radical (unpaired) electrons. The lowest BCUT2D eigenvalue weighted by atomic mass is 9.98. The number of nitrogens with one attached hydrogen (secondary N) is 1. The van der Waals surface area contributed by atoms with Gasteiger partial charge in [-0.05, 0) is 45.1 Å². The van der Waals surface area contributed by atoms with Crippen LogP contribution in [0.4, 0.5) is 0 Å². The van der Waals surface area contributed by atoms with E-state index in [1.165, 1.54) is 0 Å². The monoisotopic (exact) mass is 361 g/mol. The highest BCUT2D eigenvalue weighted by atomic mass is 35.5. The molecule has 0 aromatic carbocycles. The van der Waals surface area contributed by atoms with E-state index in [1.807, 2.05) is 4.90 Å². The van der Waals surface area contributed by atoms with E-state index in [9.17, 15) is 9.59 Å². The topological polar surface area (TPSA) is 75.4 Å². The molecule has 142 valence electrons. The first-order valence-corrected chi connectivity index (χ1v) is 9.40. The van der Waals surface area contributed by atoms with Crippen molar-refractivity contribution in [1.82, 2.24) is 10.2 Å². The predicted molar refractivity (Wildman–Crippen MR) is 101 cm³/mol. The lowest BCUT2D eigenvalue weighted by molar-refractivity contribution is -0.137. The average molecular weight is 362 g/mol. The highest BCUT2D eigenvalue weighted by Gasteiger charge is 2.26. The van der Waals surface area contributed by atoms with Crippen molar-refractivity contribution in [2.75, 3.05) is 19.6 Å². The summed E-state index contributed by atoms with van der Waals surface area (Å²) in [7, 11) is 0. The minimum Gasteiger partial charge on any atom is -0.353 e. The molecule has 0 saturated carbocycles. The summed E-state index contributed by atoms with van der Waals surface area (Å²) < 4.78 is 0. The lowest BCUT2D eigenvalue weighted by Gasteiger charge is -2.34. The molecular weight excluding hydrogens is 326 g/mol. The molecule has 1 saturated heterocycles. The third-order valence-corrected chi connectivity index (χ3v) is 4.86. The molecule has 0 bridgehead atoms. The van der Waals surface area contributed by atoms with E-state index < -0.39 is 0 Å². The van der Waals surface area contributed by atoms with Gasteiger partial charge in [0, 0.05) is 31.5 Å². The van der Waals surface area contributed by atoms with Gasteiger partial charge in [-0.2, -0.15) is 0 Å². The number of carbonyl (C=O) groups excluding carboxylic acids is 2. The fraction of sp³-hybridized carbons (Fsp3) is 0.889. The number of carbonyl (C=O) groups is 2. The van der Waals surface area contributed by atoms with Gasteiger partial charge in [0.1, 0.15) is 0 Å². The van der Waals surface area contributed by atoms with Crippen molar-refractivity contribution in [2.45, 2.75) is 77.7 Å². The van der Waals surface area contributed by atoms with Crippen LogP contribution in [0.25, 0.3) is 0 Å². The van der Waals surface area contributed by atoms with Gasteiger partial charge in [-0.1, -0.05) is 26.7 Å². The Bertz CT molecular complexity index is 354. The molecule has 0 unspecified atom stereocenters. The fourth-order valence-corrected chi connectivity index (χ4v) is 3.22. The molecule has 6 heteroatoms. The zero-order chi connectivity index (χ0) is 17.1. The molecule has 0 aromatic heterocycles. The molecule has 1 rings (SSSR count). The molecular formula is C18H36ClN3O2. The SMILES string of the molecule is CCC(CC)C(=O)N1CCC(NC(=O)CCCCCCN)CC1.Cl. The summed E-state index contributed by atoms with van der Waals surface area (Å²) in [6.07, 6.45) is 8.37. The molecule has 0 aromatic rings. The fourth-order valence-electron chi connectivity index (χ4n) is 3.22. The molecule has 1 heterocycles. The summed E-state index contributed by atoms with van der Waals surface area (Å²) in [6.45, 7) is 6.44. The Morgan fingerprint density at radius 1 is 1.08 bits per heavy atom. The number of hydrogen-bond acceptors (Lipinski definition) is 3. The Balaban J connectivity index is 0.00000529. The number of amides is 2. The molecule has 1 fully saturated rings. The van der Waals surface area contributed by atoms with Crippen molar-refractivity contribution in [3.05, 3.63) is 0 Å². The third-order valence-electron chi connectivity index (χ3n) is 4.86. The summed E-state index contributed by atoms with van der Waals surface area (Å²) in [4.78, 5) is 26.3.